The van der Waals surface area contributed by atoms with Crippen molar-refractivity contribution in [3.63, 3.8) is 0 Å². The fourth-order valence-corrected chi connectivity index (χ4v) is 1.75. The lowest BCUT2D eigenvalue weighted by Gasteiger charge is -2.21. The zero-order chi connectivity index (χ0) is 14.0. The Balaban J connectivity index is 2.28. The average molecular weight is 264 g/mol. The van der Waals surface area contributed by atoms with Crippen molar-refractivity contribution in [2.24, 2.45) is 11.5 Å². The SMILES string of the molecule is NC(=O)CN(CC(N)=O)c1cc(N)nc(C2CC2)n1. The van der Waals surface area contributed by atoms with Crippen LogP contribution in [0.4, 0.5) is 11.6 Å². The number of amides is 2. The smallest absolute Gasteiger partial charge is 0.237 e. The van der Waals surface area contributed by atoms with Gasteiger partial charge in [-0.05, 0) is 12.8 Å². The maximum atomic E-state index is 11.0. The summed E-state index contributed by atoms with van der Waals surface area (Å²) >= 11 is 0. The highest BCUT2D eigenvalue weighted by Crippen LogP contribution is 2.38. The number of carbonyl (C=O) groups excluding carboxylic acids is 2. The Hall–Kier alpha value is -2.38. The van der Waals surface area contributed by atoms with Gasteiger partial charge in [-0.1, -0.05) is 0 Å². The molecule has 102 valence electrons. The number of aromatic nitrogens is 2. The molecule has 1 saturated carbocycles. The number of nitrogens with two attached hydrogens (primary N) is 3. The van der Waals surface area contributed by atoms with Gasteiger partial charge < -0.3 is 22.1 Å². The summed E-state index contributed by atoms with van der Waals surface area (Å²) in [6, 6.07) is 1.50. The molecule has 0 saturated heterocycles. The average Bonchev–Trinajstić information content (AvgIpc) is 3.09. The molecule has 0 bridgehead atoms. The van der Waals surface area contributed by atoms with Crippen LogP contribution >= 0.6 is 0 Å². The van der Waals surface area contributed by atoms with E-state index < -0.39 is 11.8 Å². The summed E-state index contributed by atoms with van der Waals surface area (Å²) in [5.41, 5.74) is 16.0. The minimum atomic E-state index is -0.577. The lowest BCUT2D eigenvalue weighted by Crippen LogP contribution is -2.40. The molecule has 1 aliphatic carbocycles. The first-order valence-electron chi connectivity index (χ1n) is 5.91. The van der Waals surface area contributed by atoms with E-state index in [1.165, 1.54) is 11.0 Å². The molecule has 6 N–H and O–H groups in total. The summed E-state index contributed by atoms with van der Waals surface area (Å²) in [5.74, 6) is 0.482. The molecular formula is C11H16N6O2. The van der Waals surface area contributed by atoms with Crippen LogP contribution in [-0.4, -0.2) is 34.9 Å². The molecule has 1 aliphatic rings. The second kappa shape index (κ2) is 5.09. The lowest BCUT2D eigenvalue weighted by molar-refractivity contribution is -0.117. The molecule has 0 aliphatic heterocycles. The quantitative estimate of drug-likeness (QED) is 0.584. The minimum Gasteiger partial charge on any atom is -0.384 e. The summed E-state index contributed by atoms with van der Waals surface area (Å²) in [4.78, 5) is 31.9. The van der Waals surface area contributed by atoms with Gasteiger partial charge in [0.15, 0.2) is 0 Å². The Labute approximate surface area is 110 Å². The third kappa shape index (κ3) is 3.54. The Morgan fingerprint density at radius 3 is 2.26 bits per heavy atom. The van der Waals surface area contributed by atoms with Crippen molar-refractivity contribution in [1.29, 1.82) is 0 Å². The van der Waals surface area contributed by atoms with E-state index in [1.54, 1.807) is 0 Å². The van der Waals surface area contributed by atoms with Crippen LogP contribution in [0.2, 0.25) is 0 Å². The van der Waals surface area contributed by atoms with Crippen molar-refractivity contribution >= 4 is 23.5 Å². The topological polar surface area (TPSA) is 141 Å². The second-order valence-electron chi connectivity index (χ2n) is 4.57. The van der Waals surface area contributed by atoms with Gasteiger partial charge in [0.1, 0.15) is 17.5 Å². The molecule has 0 aromatic carbocycles. The molecule has 8 nitrogen and oxygen atoms in total. The molecule has 1 aromatic heterocycles. The van der Waals surface area contributed by atoms with Gasteiger partial charge in [-0.3, -0.25) is 9.59 Å². The molecule has 0 spiro atoms. The van der Waals surface area contributed by atoms with Gasteiger partial charge in [0.25, 0.3) is 0 Å². The highest BCUT2D eigenvalue weighted by atomic mass is 16.2. The normalized spacial score (nSPS) is 14.1. The predicted molar refractivity (Wildman–Crippen MR) is 69.0 cm³/mol. The number of hydrogen-bond acceptors (Lipinski definition) is 6. The first kappa shape index (κ1) is 13.1. The van der Waals surface area contributed by atoms with Crippen LogP contribution in [0.5, 0.6) is 0 Å². The summed E-state index contributed by atoms with van der Waals surface area (Å²) in [7, 11) is 0. The molecule has 19 heavy (non-hydrogen) atoms. The predicted octanol–water partition coefficient (Wildman–Crippen LogP) is -1.29. The van der Waals surface area contributed by atoms with Gasteiger partial charge in [-0.15, -0.1) is 0 Å². The van der Waals surface area contributed by atoms with Gasteiger partial charge in [0.05, 0.1) is 13.1 Å². The zero-order valence-corrected chi connectivity index (χ0v) is 10.4. The Morgan fingerprint density at radius 1 is 1.21 bits per heavy atom. The molecule has 2 amide bonds. The molecule has 0 radical (unpaired) electrons. The van der Waals surface area contributed by atoms with Crippen molar-refractivity contribution < 1.29 is 9.59 Å². The number of anilines is 2. The summed E-state index contributed by atoms with van der Waals surface area (Å²) in [6.07, 6.45) is 2.04. The van der Waals surface area contributed by atoms with Crippen LogP contribution in [0, 0.1) is 0 Å². The first-order valence-corrected chi connectivity index (χ1v) is 5.91. The fraction of sp³-hybridized carbons (Fsp3) is 0.455. The van der Waals surface area contributed by atoms with Gasteiger partial charge in [0, 0.05) is 12.0 Å². The largest absolute Gasteiger partial charge is 0.384 e. The maximum absolute atomic E-state index is 11.0. The molecule has 0 unspecified atom stereocenters. The Bertz CT molecular complexity index is 498. The monoisotopic (exact) mass is 264 g/mol. The molecule has 1 fully saturated rings. The van der Waals surface area contributed by atoms with Crippen molar-refractivity contribution in [3.05, 3.63) is 11.9 Å². The fourth-order valence-electron chi connectivity index (χ4n) is 1.75. The van der Waals surface area contributed by atoms with Crippen LogP contribution in [0.15, 0.2) is 6.07 Å². The lowest BCUT2D eigenvalue weighted by atomic mass is 10.3. The molecule has 1 aromatic rings. The molecule has 2 rings (SSSR count). The van der Waals surface area contributed by atoms with Crippen LogP contribution in [-0.2, 0) is 9.59 Å². The van der Waals surface area contributed by atoms with E-state index >= 15 is 0 Å². The third-order valence-corrected chi connectivity index (χ3v) is 2.71. The van der Waals surface area contributed by atoms with E-state index in [0.29, 0.717) is 23.4 Å². The van der Waals surface area contributed by atoms with Crippen LogP contribution in [0.3, 0.4) is 0 Å². The summed E-state index contributed by atoms with van der Waals surface area (Å²) in [5, 5.41) is 0. The van der Waals surface area contributed by atoms with Gasteiger partial charge in [-0.25, -0.2) is 9.97 Å². The van der Waals surface area contributed by atoms with Gasteiger partial charge >= 0.3 is 0 Å². The summed E-state index contributed by atoms with van der Waals surface area (Å²) in [6.45, 7) is -0.299. The standard InChI is InChI=1S/C11H16N6O2/c12-7-3-10(16-11(15-7)6-1-2-6)17(4-8(13)18)5-9(14)19/h3,6H,1-2,4-5H2,(H2,13,18)(H2,14,19)(H2,12,15,16). The van der Waals surface area contributed by atoms with Gasteiger partial charge in [-0.2, -0.15) is 0 Å². The van der Waals surface area contributed by atoms with Crippen LogP contribution < -0.4 is 22.1 Å². The molecule has 1 heterocycles. The van der Waals surface area contributed by atoms with Gasteiger partial charge in [0.2, 0.25) is 11.8 Å². The second-order valence-corrected chi connectivity index (χ2v) is 4.57. The molecule has 0 atom stereocenters. The van der Waals surface area contributed by atoms with E-state index in [2.05, 4.69) is 9.97 Å². The number of nitrogens with zero attached hydrogens (tertiary/aromatic N) is 3. The number of rotatable bonds is 6. The van der Waals surface area contributed by atoms with Crippen molar-refractivity contribution in [1.82, 2.24) is 9.97 Å². The van der Waals surface area contributed by atoms with Crippen molar-refractivity contribution in [2.75, 3.05) is 23.7 Å². The van der Waals surface area contributed by atoms with E-state index in [0.717, 1.165) is 12.8 Å². The zero-order valence-electron chi connectivity index (χ0n) is 10.4. The maximum Gasteiger partial charge on any atom is 0.237 e. The van der Waals surface area contributed by atoms with Crippen LogP contribution in [0.1, 0.15) is 24.6 Å². The van der Waals surface area contributed by atoms with E-state index in [4.69, 9.17) is 17.2 Å². The Morgan fingerprint density at radius 2 is 1.79 bits per heavy atom. The number of nitrogen functional groups attached to an aromatic ring is 1. The van der Waals surface area contributed by atoms with Crippen molar-refractivity contribution in [3.8, 4) is 0 Å². The molecular weight excluding hydrogens is 248 g/mol. The Kier molecular flexibility index (Phi) is 3.50. The molecule has 8 heteroatoms. The highest BCUT2D eigenvalue weighted by molar-refractivity contribution is 5.84. The summed E-state index contributed by atoms with van der Waals surface area (Å²) < 4.78 is 0. The first-order chi connectivity index (χ1) is 8.95. The number of hydrogen-bond donors (Lipinski definition) is 3. The van der Waals surface area contributed by atoms with E-state index in [-0.39, 0.29) is 13.1 Å². The van der Waals surface area contributed by atoms with Crippen molar-refractivity contribution in [2.45, 2.75) is 18.8 Å². The van der Waals surface area contributed by atoms with E-state index in [1.807, 2.05) is 0 Å². The number of primary amides is 2. The van der Waals surface area contributed by atoms with Crippen LogP contribution in [0.25, 0.3) is 0 Å². The van der Waals surface area contributed by atoms with E-state index in [9.17, 15) is 9.59 Å². The highest BCUT2D eigenvalue weighted by Gasteiger charge is 2.28. The minimum absolute atomic E-state index is 0.149. The number of carbonyl (C=O) groups is 2. The third-order valence-electron chi connectivity index (χ3n) is 2.71.